The van der Waals surface area contributed by atoms with Crippen molar-refractivity contribution >= 4 is 46.0 Å². The third-order valence-electron chi connectivity index (χ3n) is 4.98. The predicted octanol–water partition coefficient (Wildman–Crippen LogP) is 3.04. The van der Waals surface area contributed by atoms with E-state index in [-0.39, 0.29) is 18.3 Å². The minimum absolute atomic E-state index is 0.0259. The van der Waals surface area contributed by atoms with Crippen molar-refractivity contribution in [3.63, 3.8) is 0 Å². The van der Waals surface area contributed by atoms with Gasteiger partial charge in [0.1, 0.15) is 6.04 Å². The van der Waals surface area contributed by atoms with E-state index in [0.29, 0.717) is 34.8 Å². The Morgan fingerprint density at radius 3 is 2.73 bits per heavy atom. The number of para-hydroxylation sites is 2. The number of aromatic nitrogens is 2. The van der Waals surface area contributed by atoms with Crippen molar-refractivity contribution in [2.75, 3.05) is 25.0 Å². The number of benzene rings is 2. The second kappa shape index (κ2) is 8.25. The van der Waals surface area contributed by atoms with E-state index in [2.05, 4.69) is 15.6 Å². The summed E-state index contributed by atoms with van der Waals surface area (Å²) >= 11 is 5.99. The van der Waals surface area contributed by atoms with Gasteiger partial charge < -0.3 is 15.5 Å². The second-order valence-electron chi connectivity index (χ2n) is 7.00. The molecule has 2 N–H and O–H groups in total. The van der Waals surface area contributed by atoms with Gasteiger partial charge in [-0.3, -0.25) is 14.2 Å². The first kappa shape index (κ1) is 20.1. The quantitative estimate of drug-likeness (QED) is 0.629. The highest BCUT2D eigenvalue weighted by molar-refractivity contribution is 6.30. The van der Waals surface area contributed by atoms with Gasteiger partial charge in [0.15, 0.2) is 5.82 Å². The number of imidazole rings is 1. The summed E-state index contributed by atoms with van der Waals surface area (Å²) in [6.45, 7) is 2.54. The number of carbonyl (C=O) groups excluding carboxylic acids is 3. The predicted molar refractivity (Wildman–Crippen MR) is 114 cm³/mol. The highest BCUT2D eigenvalue weighted by Gasteiger charge is 2.36. The van der Waals surface area contributed by atoms with Gasteiger partial charge in [-0.15, -0.1) is 0 Å². The fraction of sp³-hybridized carbons (Fsp3) is 0.238. The number of hydrogen-bond donors (Lipinski definition) is 2. The number of rotatable bonds is 3. The van der Waals surface area contributed by atoms with Crippen molar-refractivity contribution in [2.45, 2.75) is 13.0 Å². The average Bonchev–Trinajstić information content (AvgIpc) is 3.13. The normalized spacial score (nSPS) is 16.5. The number of amides is 2. The number of hydrogen-bond acceptors (Lipinski definition) is 5. The minimum atomic E-state index is -0.798. The van der Waals surface area contributed by atoms with Crippen LogP contribution < -0.4 is 10.6 Å². The van der Waals surface area contributed by atoms with Crippen LogP contribution in [-0.2, 0) is 0 Å². The highest BCUT2D eigenvalue weighted by Crippen LogP contribution is 2.20. The van der Waals surface area contributed by atoms with E-state index < -0.39 is 17.9 Å². The number of urea groups is 1. The van der Waals surface area contributed by atoms with Crippen molar-refractivity contribution in [2.24, 2.45) is 0 Å². The molecule has 2 amide bonds. The molecule has 9 heteroatoms. The molecule has 0 radical (unpaired) electrons. The minimum Gasteiger partial charge on any atom is -0.312 e. The standard InChI is InChI=1S/C21H20ClN5O3/c1-13(28)27-17-8-3-2-7-16(17)25-20(27)19(29)18-12-23-9-10-26(18)21(30)24-15-6-4-5-14(22)11-15/h2-8,11,18,23H,9-10,12H2,1H3,(H,24,30). The molecular weight excluding hydrogens is 406 g/mol. The van der Waals surface area contributed by atoms with Gasteiger partial charge in [-0.25, -0.2) is 9.78 Å². The van der Waals surface area contributed by atoms with Gasteiger partial charge in [0.2, 0.25) is 11.7 Å². The molecule has 0 spiro atoms. The number of Topliss-reactive ketones (excluding diaryl/α,β-unsaturated/α-hetero) is 1. The number of piperazine rings is 1. The summed E-state index contributed by atoms with van der Waals surface area (Å²) in [4.78, 5) is 44.4. The summed E-state index contributed by atoms with van der Waals surface area (Å²) < 4.78 is 1.30. The van der Waals surface area contributed by atoms with Crippen LogP contribution in [-0.4, -0.2) is 57.8 Å². The molecule has 1 aromatic heterocycles. The van der Waals surface area contributed by atoms with E-state index in [9.17, 15) is 14.4 Å². The van der Waals surface area contributed by atoms with Crippen LogP contribution in [0.2, 0.25) is 5.02 Å². The summed E-state index contributed by atoms with van der Waals surface area (Å²) in [6.07, 6.45) is 0. The van der Waals surface area contributed by atoms with E-state index in [4.69, 9.17) is 11.6 Å². The van der Waals surface area contributed by atoms with Gasteiger partial charge in [0, 0.05) is 37.3 Å². The molecule has 154 valence electrons. The molecule has 1 aliphatic heterocycles. The molecule has 3 aromatic rings. The zero-order valence-corrected chi connectivity index (χ0v) is 17.0. The Kier molecular flexibility index (Phi) is 5.52. The van der Waals surface area contributed by atoms with E-state index in [1.54, 1.807) is 48.5 Å². The third kappa shape index (κ3) is 3.79. The topological polar surface area (TPSA) is 96.3 Å². The molecule has 1 atom stereocenters. The maximum atomic E-state index is 13.4. The summed E-state index contributed by atoms with van der Waals surface area (Å²) in [5, 5.41) is 6.42. The first-order valence-corrected chi connectivity index (χ1v) is 9.90. The Hall–Kier alpha value is -3.23. The Bertz CT molecular complexity index is 1140. The Morgan fingerprint density at radius 1 is 1.17 bits per heavy atom. The van der Waals surface area contributed by atoms with Gasteiger partial charge in [-0.2, -0.15) is 0 Å². The molecule has 1 aliphatic rings. The van der Waals surface area contributed by atoms with Gasteiger partial charge in [-0.1, -0.05) is 29.8 Å². The van der Waals surface area contributed by atoms with E-state index in [0.717, 1.165) is 0 Å². The van der Waals surface area contributed by atoms with Gasteiger partial charge >= 0.3 is 6.03 Å². The Balaban J connectivity index is 1.65. The first-order chi connectivity index (χ1) is 14.5. The average molecular weight is 426 g/mol. The number of halogens is 1. The number of fused-ring (bicyclic) bond motifs is 1. The smallest absolute Gasteiger partial charge is 0.312 e. The summed E-state index contributed by atoms with van der Waals surface area (Å²) in [5.74, 6) is -0.682. The Morgan fingerprint density at radius 2 is 1.97 bits per heavy atom. The summed E-state index contributed by atoms with van der Waals surface area (Å²) in [5.41, 5.74) is 1.65. The van der Waals surface area contributed by atoms with Crippen molar-refractivity contribution in [3.8, 4) is 0 Å². The van der Waals surface area contributed by atoms with Crippen LogP contribution in [0.3, 0.4) is 0 Å². The number of nitrogens with zero attached hydrogens (tertiary/aromatic N) is 3. The van der Waals surface area contributed by atoms with Crippen LogP contribution in [0.1, 0.15) is 22.3 Å². The summed E-state index contributed by atoms with van der Waals surface area (Å²) in [6, 6.07) is 12.6. The van der Waals surface area contributed by atoms with E-state index in [1.165, 1.54) is 16.4 Å². The van der Waals surface area contributed by atoms with Crippen molar-refractivity contribution in [3.05, 3.63) is 59.4 Å². The molecule has 0 bridgehead atoms. The third-order valence-corrected chi connectivity index (χ3v) is 5.21. The monoisotopic (exact) mass is 425 g/mol. The fourth-order valence-corrected chi connectivity index (χ4v) is 3.79. The maximum Gasteiger partial charge on any atom is 0.322 e. The van der Waals surface area contributed by atoms with E-state index >= 15 is 0 Å². The molecule has 8 nitrogen and oxygen atoms in total. The van der Waals surface area contributed by atoms with Crippen LogP contribution in [0.15, 0.2) is 48.5 Å². The lowest BCUT2D eigenvalue weighted by Gasteiger charge is -2.34. The molecule has 2 heterocycles. The van der Waals surface area contributed by atoms with E-state index in [1.807, 2.05) is 0 Å². The molecule has 2 aromatic carbocycles. The van der Waals surface area contributed by atoms with Crippen molar-refractivity contribution < 1.29 is 14.4 Å². The van der Waals surface area contributed by atoms with Crippen LogP contribution in [0, 0.1) is 0 Å². The van der Waals surface area contributed by atoms with Gasteiger partial charge in [-0.05, 0) is 30.3 Å². The van der Waals surface area contributed by atoms with Gasteiger partial charge in [0.25, 0.3) is 0 Å². The molecule has 1 unspecified atom stereocenters. The van der Waals surface area contributed by atoms with Crippen molar-refractivity contribution in [1.82, 2.24) is 19.8 Å². The fourth-order valence-electron chi connectivity index (χ4n) is 3.60. The lowest BCUT2D eigenvalue weighted by Crippen LogP contribution is -2.58. The molecule has 1 fully saturated rings. The van der Waals surface area contributed by atoms with Crippen LogP contribution in [0.4, 0.5) is 10.5 Å². The zero-order chi connectivity index (χ0) is 21.3. The van der Waals surface area contributed by atoms with Crippen LogP contribution >= 0.6 is 11.6 Å². The molecular formula is C21H20ClN5O3. The largest absolute Gasteiger partial charge is 0.322 e. The SMILES string of the molecule is CC(=O)n1c(C(=O)C2CNCCN2C(=O)Nc2cccc(Cl)c2)nc2ccccc21. The van der Waals surface area contributed by atoms with Gasteiger partial charge in [0.05, 0.1) is 11.0 Å². The van der Waals surface area contributed by atoms with Crippen LogP contribution in [0.5, 0.6) is 0 Å². The molecule has 0 saturated carbocycles. The molecule has 4 rings (SSSR count). The number of anilines is 1. The van der Waals surface area contributed by atoms with Crippen LogP contribution in [0.25, 0.3) is 11.0 Å². The highest BCUT2D eigenvalue weighted by atomic mass is 35.5. The first-order valence-electron chi connectivity index (χ1n) is 9.52. The second-order valence-corrected chi connectivity index (χ2v) is 7.43. The maximum absolute atomic E-state index is 13.4. The number of carbonyl (C=O) groups is 3. The molecule has 0 aliphatic carbocycles. The molecule has 30 heavy (non-hydrogen) atoms. The lowest BCUT2D eigenvalue weighted by atomic mass is 10.1. The zero-order valence-electron chi connectivity index (χ0n) is 16.3. The molecule has 1 saturated heterocycles. The number of nitrogens with one attached hydrogen (secondary N) is 2. The lowest BCUT2D eigenvalue weighted by molar-refractivity contribution is 0.0798. The number of ketones is 1. The van der Waals surface area contributed by atoms with Crippen molar-refractivity contribution in [1.29, 1.82) is 0 Å². The Labute approximate surface area is 177 Å². The summed E-state index contributed by atoms with van der Waals surface area (Å²) in [7, 11) is 0.